The van der Waals surface area contributed by atoms with Crippen LogP contribution in [0.1, 0.15) is 42.2 Å². The molecule has 1 N–H and O–H groups in total. The van der Waals surface area contributed by atoms with Crippen molar-refractivity contribution in [2.75, 3.05) is 26.2 Å². The number of hydrogen-bond donors (Lipinski definition) is 1. The third-order valence-electron chi connectivity index (χ3n) is 3.97. The van der Waals surface area contributed by atoms with E-state index in [4.69, 9.17) is 0 Å². The number of likely N-dealkylation sites (tertiary alicyclic amines) is 1. The maximum absolute atomic E-state index is 12.9. The van der Waals surface area contributed by atoms with E-state index in [9.17, 15) is 18.0 Å². The molecule has 1 amide bonds. The molecule has 1 atom stereocenters. The summed E-state index contributed by atoms with van der Waals surface area (Å²) in [7, 11) is 1.37. The van der Waals surface area contributed by atoms with Gasteiger partial charge in [-0.1, -0.05) is 13.3 Å². The molecule has 1 aliphatic heterocycles. The van der Waals surface area contributed by atoms with Crippen LogP contribution in [0.3, 0.4) is 0 Å². The Hall–Kier alpha value is -1.57. The first-order chi connectivity index (χ1) is 10.8. The normalized spacial score (nSPS) is 18.0. The third-order valence-corrected chi connectivity index (χ3v) is 3.97. The summed E-state index contributed by atoms with van der Waals surface area (Å²) in [5.74, 6) is -0.543. The van der Waals surface area contributed by atoms with Crippen LogP contribution in [0.4, 0.5) is 13.2 Å². The summed E-state index contributed by atoms with van der Waals surface area (Å²) in [6.07, 6.45) is 0.0943. The second kappa shape index (κ2) is 7.33. The Balaban J connectivity index is 1.89. The fourth-order valence-corrected chi connectivity index (χ4v) is 2.87. The maximum atomic E-state index is 12.9. The van der Waals surface area contributed by atoms with E-state index in [0.29, 0.717) is 6.54 Å². The first-order valence-corrected chi connectivity index (χ1v) is 7.88. The number of piperidine rings is 1. The van der Waals surface area contributed by atoms with Gasteiger partial charge in [0.2, 0.25) is 0 Å². The zero-order chi connectivity index (χ0) is 17.0. The summed E-state index contributed by atoms with van der Waals surface area (Å²) in [6.45, 7) is 5.29. The van der Waals surface area contributed by atoms with Crippen LogP contribution in [-0.2, 0) is 13.2 Å². The second-order valence-electron chi connectivity index (χ2n) is 6.24. The van der Waals surface area contributed by atoms with E-state index < -0.39 is 23.3 Å². The Morgan fingerprint density at radius 1 is 1.35 bits per heavy atom. The molecule has 1 saturated heterocycles. The highest BCUT2D eigenvalue weighted by atomic mass is 19.4. The summed E-state index contributed by atoms with van der Waals surface area (Å²) >= 11 is 0. The Labute approximate surface area is 133 Å². The molecule has 0 saturated carbocycles. The second-order valence-corrected chi connectivity index (χ2v) is 6.24. The monoisotopic (exact) mass is 332 g/mol. The van der Waals surface area contributed by atoms with Crippen molar-refractivity contribution < 1.29 is 18.0 Å². The molecule has 0 aromatic carbocycles. The molecular formula is C15H23F3N4O. The van der Waals surface area contributed by atoms with E-state index >= 15 is 0 Å². The van der Waals surface area contributed by atoms with Gasteiger partial charge >= 0.3 is 6.18 Å². The van der Waals surface area contributed by atoms with Gasteiger partial charge in [-0.05, 0) is 31.8 Å². The van der Waals surface area contributed by atoms with Crippen molar-refractivity contribution in [2.24, 2.45) is 13.0 Å². The number of amides is 1. The molecule has 1 aliphatic rings. The molecule has 0 aliphatic carbocycles. The molecule has 130 valence electrons. The van der Waals surface area contributed by atoms with Crippen molar-refractivity contribution in [2.45, 2.75) is 32.4 Å². The fraction of sp³-hybridized carbons (Fsp3) is 0.733. The van der Waals surface area contributed by atoms with Crippen molar-refractivity contribution in [1.29, 1.82) is 0 Å². The number of alkyl halides is 3. The quantitative estimate of drug-likeness (QED) is 0.900. The summed E-state index contributed by atoms with van der Waals surface area (Å²) < 4.78 is 39.6. The third kappa shape index (κ3) is 4.95. The topological polar surface area (TPSA) is 50.2 Å². The van der Waals surface area contributed by atoms with E-state index in [1.807, 2.05) is 6.92 Å². The molecule has 0 bridgehead atoms. The number of nitrogens with one attached hydrogen (secondary N) is 1. The first-order valence-electron chi connectivity index (χ1n) is 7.88. The number of aryl methyl sites for hydroxylation is 1. The van der Waals surface area contributed by atoms with E-state index in [1.54, 1.807) is 0 Å². The summed E-state index contributed by atoms with van der Waals surface area (Å²) in [5, 5.41) is 5.94. The molecule has 0 radical (unpaired) electrons. The van der Waals surface area contributed by atoms with Crippen molar-refractivity contribution in [3.63, 3.8) is 0 Å². The predicted molar refractivity (Wildman–Crippen MR) is 80.0 cm³/mol. The van der Waals surface area contributed by atoms with Crippen molar-refractivity contribution in [3.8, 4) is 0 Å². The van der Waals surface area contributed by atoms with Crippen LogP contribution in [0.25, 0.3) is 0 Å². The highest BCUT2D eigenvalue weighted by Crippen LogP contribution is 2.30. The molecule has 1 aromatic rings. The van der Waals surface area contributed by atoms with Crippen LogP contribution in [0, 0.1) is 5.92 Å². The van der Waals surface area contributed by atoms with Crippen molar-refractivity contribution in [1.82, 2.24) is 20.0 Å². The smallest absolute Gasteiger partial charge is 0.352 e. The average Bonchev–Trinajstić information content (AvgIpc) is 2.88. The van der Waals surface area contributed by atoms with Gasteiger partial charge in [0.1, 0.15) is 0 Å². The van der Waals surface area contributed by atoms with Gasteiger partial charge in [-0.15, -0.1) is 0 Å². The van der Waals surface area contributed by atoms with Gasteiger partial charge in [0.05, 0.1) is 5.56 Å². The number of halogens is 3. The molecule has 2 heterocycles. The first kappa shape index (κ1) is 17.8. The zero-order valence-corrected chi connectivity index (χ0v) is 13.5. The SMILES string of the molecule is C[C@@H](CNC(=O)c1cn(C)nc1C(F)(F)F)CN1CCCCC1. The van der Waals surface area contributed by atoms with Crippen LogP contribution in [0.5, 0.6) is 0 Å². The minimum Gasteiger partial charge on any atom is -0.352 e. The minimum atomic E-state index is -4.63. The van der Waals surface area contributed by atoms with Crippen LogP contribution in [-0.4, -0.2) is 46.8 Å². The van der Waals surface area contributed by atoms with E-state index in [2.05, 4.69) is 15.3 Å². The van der Waals surface area contributed by atoms with Gasteiger partial charge in [0.15, 0.2) is 5.69 Å². The Kier molecular flexibility index (Phi) is 5.67. The Morgan fingerprint density at radius 3 is 2.61 bits per heavy atom. The molecule has 0 unspecified atom stereocenters. The average molecular weight is 332 g/mol. The lowest BCUT2D eigenvalue weighted by atomic mass is 10.1. The summed E-state index contributed by atoms with van der Waals surface area (Å²) in [4.78, 5) is 14.4. The van der Waals surface area contributed by atoms with E-state index in [0.717, 1.165) is 30.5 Å². The Morgan fingerprint density at radius 2 is 2.00 bits per heavy atom. The lowest BCUT2D eigenvalue weighted by molar-refractivity contribution is -0.141. The summed E-state index contributed by atoms with van der Waals surface area (Å²) in [6, 6.07) is 0. The highest BCUT2D eigenvalue weighted by molar-refractivity contribution is 5.95. The molecular weight excluding hydrogens is 309 g/mol. The molecule has 2 rings (SSSR count). The van der Waals surface area contributed by atoms with Gasteiger partial charge in [-0.3, -0.25) is 9.48 Å². The van der Waals surface area contributed by atoms with Crippen molar-refractivity contribution >= 4 is 5.91 Å². The minimum absolute atomic E-state index is 0.183. The largest absolute Gasteiger partial charge is 0.435 e. The molecule has 23 heavy (non-hydrogen) atoms. The lowest BCUT2D eigenvalue weighted by Crippen LogP contribution is -2.38. The molecule has 5 nitrogen and oxygen atoms in total. The van der Waals surface area contributed by atoms with Crippen molar-refractivity contribution in [3.05, 3.63) is 17.5 Å². The summed E-state index contributed by atoms with van der Waals surface area (Å²) in [5.41, 5.74) is -1.56. The Bertz CT molecular complexity index is 535. The van der Waals surface area contributed by atoms with E-state index in [-0.39, 0.29) is 5.92 Å². The van der Waals surface area contributed by atoms with Crippen LogP contribution < -0.4 is 5.32 Å². The standard InChI is InChI=1S/C15H23F3N4O/c1-11(9-22-6-4-3-5-7-22)8-19-14(23)12-10-21(2)20-13(12)15(16,17)18/h10-11H,3-9H2,1-2H3,(H,19,23)/t11-/m0/s1. The number of carbonyl (C=O) groups is 1. The number of nitrogens with zero attached hydrogens (tertiary/aromatic N) is 3. The number of rotatable bonds is 5. The lowest BCUT2D eigenvalue weighted by Gasteiger charge is -2.29. The van der Waals surface area contributed by atoms with Gasteiger partial charge < -0.3 is 10.2 Å². The number of aromatic nitrogens is 2. The molecule has 1 aromatic heterocycles. The fourth-order valence-electron chi connectivity index (χ4n) is 2.87. The van der Waals surface area contributed by atoms with Crippen LogP contribution >= 0.6 is 0 Å². The van der Waals surface area contributed by atoms with Gasteiger partial charge in [-0.25, -0.2) is 0 Å². The highest BCUT2D eigenvalue weighted by Gasteiger charge is 2.38. The van der Waals surface area contributed by atoms with Crippen LogP contribution in [0.2, 0.25) is 0 Å². The van der Waals surface area contributed by atoms with Gasteiger partial charge in [0.25, 0.3) is 5.91 Å². The number of carbonyl (C=O) groups excluding carboxylic acids is 1. The number of hydrogen-bond acceptors (Lipinski definition) is 3. The zero-order valence-electron chi connectivity index (χ0n) is 13.5. The predicted octanol–water partition coefficient (Wildman–Crippen LogP) is 2.29. The maximum Gasteiger partial charge on any atom is 0.435 e. The molecule has 0 spiro atoms. The molecule has 1 fully saturated rings. The molecule has 8 heteroatoms. The van der Waals surface area contributed by atoms with Gasteiger partial charge in [0, 0.05) is 26.3 Å². The van der Waals surface area contributed by atoms with Crippen LogP contribution in [0.15, 0.2) is 6.20 Å². The van der Waals surface area contributed by atoms with Gasteiger partial charge in [-0.2, -0.15) is 18.3 Å². The van der Waals surface area contributed by atoms with E-state index in [1.165, 1.54) is 26.3 Å².